The summed E-state index contributed by atoms with van der Waals surface area (Å²) in [5.74, 6) is 0.0253. The topological polar surface area (TPSA) is 89.3 Å². The maximum absolute atomic E-state index is 11.7. The van der Waals surface area contributed by atoms with Gasteiger partial charge in [-0.25, -0.2) is 4.98 Å². The second kappa shape index (κ2) is 5.66. The molecule has 0 aromatic carbocycles. The first-order valence-corrected chi connectivity index (χ1v) is 5.65. The summed E-state index contributed by atoms with van der Waals surface area (Å²) in [4.78, 5) is 16.1. The number of hydrogen-bond acceptors (Lipinski definition) is 6. The van der Waals surface area contributed by atoms with E-state index in [-0.39, 0.29) is 17.8 Å². The molecule has 0 saturated heterocycles. The summed E-state index contributed by atoms with van der Waals surface area (Å²) in [6.07, 6.45) is -0.0260. The number of ether oxygens (including phenoxy) is 1. The molecule has 1 amide bonds. The summed E-state index contributed by atoms with van der Waals surface area (Å²) in [6, 6.07) is 0. The van der Waals surface area contributed by atoms with E-state index in [1.165, 1.54) is 11.3 Å². The van der Waals surface area contributed by atoms with Gasteiger partial charge in [-0.1, -0.05) is 11.3 Å². The molecule has 0 bridgehead atoms. The fourth-order valence-electron chi connectivity index (χ4n) is 1.00. The van der Waals surface area contributed by atoms with Crippen LogP contribution in [0.15, 0.2) is 0 Å². The van der Waals surface area contributed by atoms with Crippen molar-refractivity contribution >= 4 is 28.2 Å². The minimum atomic E-state index is -0.222. The SMILES string of the molecule is CNc1nc(N)c(C(=O)NCC(C)OC)s1. The van der Waals surface area contributed by atoms with Gasteiger partial charge < -0.3 is 21.1 Å². The van der Waals surface area contributed by atoms with Crippen LogP contribution in [0.5, 0.6) is 0 Å². The van der Waals surface area contributed by atoms with Crippen LogP contribution < -0.4 is 16.4 Å². The van der Waals surface area contributed by atoms with E-state index in [1.54, 1.807) is 14.2 Å². The van der Waals surface area contributed by atoms with Gasteiger partial charge in [0.25, 0.3) is 5.91 Å². The molecule has 0 saturated carbocycles. The lowest BCUT2D eigenvalue weighted by Crippen LogP contribution is -2.31. The summed E-state index contributed by atoms with van der Waals surface area (Å²) >= 11 is 1.23. The van der Waals surface area contributed by atoms with E-state index in [9.17, 15) is 4.79 Å². The first-order chi connectivity index (χ1) is 7.58. The molecule has 0 fully saturated rings. The van der Waals surface area contributed by atoms with Gasteiger partial charge >= 0.3 is 0 Å². The fraction of sp³-hybridized carbons (Fsp3) is 0.556. The highest BCUT2D eigenvalue weighted by molar-refractivity contribution is 7.18. The Morgan fingerprint density at radius 2 is 2.38 bits per heavy atom. The number of carbonyl (C=O) groups is 1. The lowest BCUT2D eigenvalue weighted by molar-refractivity contribution is 0.0874. The zero-order valence-electron chi connectivity index (χ0n) is 9.53. The summed E-state index contributed by atoms with van der Waals surface area (Å²) in [5, 5.41) is 6.20. The molecule has 1 aromatic rings. The normalized spacial score (nSPS) is 12.2. The van der Waals surface area contributed by atoms with Gasteiger partial charge in [0.05, 0.1) is 6.10 Å². The van der Waals surface area contributed by atoms with Crippen LogP contribution in [0.2, 0.25) is 0 Å². The van der Waals surface area contributed by atoms with E-state index in [0.717, 1.165) is 0 Å². The molecule has 90 valence electrons. The van der Waals surface area contributed by atoms with Crippen LogP contribution in [0.3, 0.4) is 0 Å². The summed E-state index contributed by atoms with van der Waals surface area (Å²) in [7, 11) is 3.32. The number of methoxy groups -OCH3 is 1. The Hall–Kier alpha value is -1.34. The Labute approximate surface area is 98.2 Å². The van der Waals surface area contributed by atoms with Gasteiger partial charge in [-0.15, -0.1) is 0 Å². The molecule has 1 rings (SSSR count). The van der Waals surface area contributed by atoms with E-state index in [4.69, 9.17) is 10.5 Å². The number of nitrogen functional groups attached to an aromatic ring is 1. The average Bonchev–Trinajstić information content (AvgIpc) is 2.67. The Morgan fingerprint density at radius 1 is 1.69 bits per heavy atom. The number of rotatable bonds is 5. The first kappa shape index (κ1) is 12.7. The van der Waals surface area contributed by atoms with E-state index in [2.05, 4.69) is 15.6 Å². The van der Waals surface area contributed by atoms with Crippen molar-refractivity contribution in [1.29, 1.82) is 0 Å². The largest absolute Gasteiger partial charge is 0.382 e. The second-order valence-corrected chi connectivity index (χ2v) is 4.24. The van der Waals surface area contributed by atoms with Gasteiger partial charge in [0.2, 0.25) is 0 Å². The third-order valence-electron chi connectivity index (χ3n) is 2.03. The van der Waals surface area contributed by atoms with Crippen molar-refractivity contribution in [2.24, 2.45) is 0 Å². The second-order valence-electron chi connectivity index (χ2n) is 3.24. The highest BCUT2D eigenvalue weighted by Gasteiger charge is 2.15. The van der Waals surface area contributed by atoms with Gasteiger partial charge in [-0.3, -0.25) is 4.79 Å². The number of carbonyl (C=O) groups excluding carboxylic acids is 1. The minimum absolute atomic E-state index is 0.0260. The van der Waals surface area contributed by atoms with Crippen LogP contribution in [0.1, 0.15) is 16.6 Å². The van der Waals surface area contributed by atoms with Crippen LogP contribution in [0.4, 0.5) is 10.9 Å². The van der Waals surface area contributed by atoms with Gasteiger partial charge in [-0.2, -0.15) is 0 Å². The molecule has 1 aromatic heterocycles. The predicted molar refractivity (Wildman–Crippen MR) is 64.9 cm³/mol. The van der Waals surface area contributed by atoms with Crippen molar-refractivity contribution in [3.05, 3.63) is 4.88 Å². The average molecular weight is 244 g/mol. The quantitative estimate of drug-likeness (QED) is 0.703. The van der Waals surface area contributed by atoms with Crippen LogP contribution >= 0.6 is 11.3 Å². The number of nitrogens with two attached hydrogens (primary N) is 1. The zero-order chi connectivity index (χ0) is 12.1. The van der Waals surface area contributed by atoms with Crippen molar-refractivity contribution in [3.63, 3.8) is 0 Å². The molecule has 0 radical (unpaired) electrons. The van der Waals surface area contributed by atoms with Gasteiger partial charge in [0, 0.05) is 20.7 Å². The van der Waals surface area contributed by atoms with Crippen molar-refractivity contribution in [2.45, 2.75) is 13.0 Å². The maximum atomic E-state index is 11.7. The van der Waals surface area contributed by atoms with Crippen molar-refractivity contribution in [3.8, 4) is 0 Å². The molecular weight excluding hydrogens is 228 g/mol. The van der Waals surface area contributed by atoms with Crippen LogP contribution in [-0.2, 0) is 4.74 Å². The monoisotopic (exact) mass is 244 g/mol. The molecule has 0 aliphatic carbocycles. The van der Waals surface area contributed by atoms with E-state index < -0.39 is 0 Å². The highest BCUT2D eigenvalue weighted by atomic mass is 32.1. The molecular formula is C9H16N4O2S. The maximum Gasteiger partial charge on any atom is 0.265 e. The van der Waals surface area contributed by atoms with Gasteiger partial charge in [-0.05, 0) is 6.92 Å². The van der Waals surface area contributed by atoms with Crippen molar-refractivity contribution < 1.29 is 9.53 Å². The summed E-state index contributed by atoms with van der Waals surface area (Å²) in [5.41, 5.74) is 5.62. The molecule has 1 heterocycles. The number of nitrogens with one attached hydrogen (secondary N) is 2. The first-order valence-electron chi connectivity index (χ1n) is 4.83. The summed E-state index contributed by atoms with van der Waals surface area (Å²) in [6.45, 7) is 2.32. The minimum Gasteiger partial charge on any atom is -0.382 e. The molecule has 1 unspecified atom stereocenters. The highest BCUT2D eigenvalue weighted by Crippen LogP contribution is 2.24. The zero-order valence-corrected chi connectivity index (χ0v) is 10.4. The number of anilines is 2. The number of hydrogen-bond donors (Lipinski definition) is 3. The molecule has 0 aliphatic rings. The van der Waals surface area contributed by atoms with Gasteiger partial charge in [0.15, 0.2) is 5.13 Å². The lowest BCUT2D eigenvalue weighted by Gasteiger charge is -2.09. The molecule has 1 atom stereocenters. The van der Waals surface area contributed by atoms with Crippen LogP contribution in [0, 0.1) is 0 Å². The third-order valence-corrected chi connectivity index (χ3v) is 3.11. The standard InChI is InChI=1S/C9H16N4O2S/c1-5(15-3)4-12-8(14)6-7(10)13-9(11-2)16-6/h5H,4,10H2,1-3H3,(H,11,13)(H,12,14). The Morgan fingerprint density at radius 3 is 2.88 bits per heavy atom. The molecule has 7 heteroatoms. The number of nitrogens with zero attached hydrogens (tertiary/aromatic N) is 1. The number of amides is 1. The van der Waals surface area contributed by atoms with E-state index in [1.807, 2.05) is 6.92 Å². The van der Waals surface area contributed by atoms with Crippen LogP contribution in [0.25, 0.3) is 0 Å². The van der Waals surface area contributed by atoms with Crippen molar-refractivity contribution in [2.75, 3.05) is 31.8 Å². The summed E-state index contributed by atoms with van der Waals surface area (Å²) < 4.78 is 5.02. The number of thiazole rings is 1. The van der Waals surface area contributed by atoms with Crippen molar-refractivity contribution in [1.82, 2.24) is 10.3 Å². The molecule has 0 spiro atoms. The smallest absolute Gasteiger partial charge is 0.265 e. The Kier molecular flexibility index (Phi) is 4.51. The van der Waals surface area contributed by atoms with Crippen LogP contribution in [-0.4, -0.2) is 37.7 Å². The molecule has 6 nitrogen and oxygen atoms in total. The Bertz CT molecular complexity index is 366. The lowest BCUT2D eigenvalue weighted by atomic mass is 10.4. The molecule has 4 N–H and O–H groups in total. The van der Waals surface area contributed by atoms with E-state index >= 15 is 0 Å². The third kappa shape index (κ3) is 3.07. The van der Waals surface area contributed by atoms with Gasteiger partial charge in [0.1, 0.15) is 10.7 Å². The molecule has 0 aliphatic heterocycles. The van der Waals surface area contributed by atoms with E-state index in [0.29, 0.717) is 16.6 Å². The number of aromatic nitrogens is 1. The predicted octanol–water partition coefficient (Wildman–Crippen LogP) is 0.532. The Balaban J connectivity index is 2.62. The fourth-order valence-corrected chi connectivity index (χ4v) is 1.76. The molecule has 16 heavy (non-hydrogen) atoms.